The lowest BCUT2D eigenvalue weighted by molar-refractivity contribution is -0.119. The summed E-state index contributed by atoms with van der Waals surface area (Å²) in [7, 11) is 0. The summed E-state index contributed by atoms with van der Waals surface area (Å²) in [5, 5.41) is 13.5. The number of hydrogen-bond donors (Lipinski definition) is 0. The van der Waals surface area contributed by atoms with Crippen molar-refractivity contribution in [2.75, 3.05) is 13.1 Å². The summed E-state index contributed by atoms with van der Waals surface area (Å²) in [5.74, 6) is 0.949. The summed E-state index contributed by atoms with van der Waals surface area (Å²) in [5.41, 5.74) is 1.60. The highest BCUT2D eigenvalue weighted by molar-refractivity contribution is 6.30. The van der Waals surface area contributed by atoms with Gasteiger partial charge in [-0.25, -0.2) is 0 Å². The van der Waals surface area contributed by atoms with E-state index in [2.05, 4.69) is 11.3 Å². The molecule has 1 saturated heterocycles. The molecule has 1 aliphatic heterocycles. The van der Waals surface area contributed by atoms with Gasteiger partial charge >= 0.3 is 0 Å². The Hall–Kier alpha value is -2.32. The summed E-state index contributed by atoms with van der Waals surface area (Å²) in [4.78, 5) is 13.8. The number of ketones is 1. The summed E-state index contributed by atoms with van der Waals surface area (Å²) < 4.78 is 5.26. The van der Waals surface area contributed by atoms with Gasteiger partial charge in [-0.3, -0.25) is 4.79 Å². The van der Waals surface area contributed by atoms with Crippen molar-refractivity contribution in [3.63, 3.8) is 0 Å². The number of carbonyl (C=O) groups excluding carboxylic acids is 1. The Labute approximate surface area is 139 Å². The molecule has 0 aliphatic carbocycles. The van der Waals surface area contributed by atoms with Crippen molar-refractivity contribution in [1.29, 1.82) is 5.26 Å². The molecule has 2 heterocycles. The Bertz CT molecular complexity index is 733. The van der Waals surface area contributed by atoms with Gasteiger partial charge in [0.25, 0.3) is 0 Å². The van der Waals surface area contributed by atoms with Gasteiger partial charge in [-0.15, -0.1) is 0 Å². The fraction of sp³-hybridized carbons (Fsp3) is 0.353. The van der Waals surface area contributed by atoms with Crippen LogP contribution in [0.2, 0.25) is 5.02 Å². The van der Waals surface area contributed by atoms with Crippen LogP contribution < -0.4 is 0 Å². The quantitative estimate of drug-likeness (QED) is 0.787. The molecular weight excluding hydrogens is 314 g/mol. The van der Waals surface area contributed by atoms with E-state index in [9.17, 15) is 4.79 Å². The lowest BCUT2D eigenvalue weighted by Crippen LogP contribution is -2.16. The summed E-state index contributed by atoms with van der Waals surface area (Å²) >= 11 is 5.86. The number of likely N-dealkylation sites (tertiary alicyclic amines) is 1. The largest absolute Gasteiger partial charge is 0.360 e. The van der Waals surface area contributed by atoms with Crippen LogP contribution in [-0.4, -0.2) is 28.9 Å². The van der Waals surface area contributed by atoms with Crippen LogP contribution in [-0.2, 0) is 11.2 Å². The standard InChI is InChI=1S/C17H16ClN3O2/c18-14-3-1-13(2-4-14)17-9-16(23-20-17)8-15(22)7-12-5-6-21(10-12)11-19/h1-4,9,12H,5-8,10H2/t12-/m0/s1. The maximum atomic E-state index is 12.1. The molecule has 23 heavy (non-hydrogen) atoms. The Kier molecular flexibility index (Phi) is 4.63. The summed E-state index contributed by atoms with van der Waals surface area (Å²) in [6.45, 7) is 1.42. The fourth-order valence-electron chi connectivity index (χ4n) is 2.83. The molecule has 0 N–H and O–H groups in total. The lowest BCUT2D eigenvalue weighted by atomic mass is 9.99. The van der Waals surface area contributed by atoms with E-state index in [0.717, 1.165) is 18.5 Å². The van der Waals surface area contributed by atoms with Crippen LogP contribution in [0.15, 0.2) is 34.9 Å². The number of aromatic nitrogens is 1. The highest BCUT2D eigenvalue weighted by atomic mass is 35.5. The van der Waals surface area contributed by atoms with Crippen LogP contribution in [0, 0.1) is 17.4 Å². The van der Waals surface area contributed by atoms with E-state index in [0.29, 0.717) is 29.4 Å². The highest BCUT2D eigenvalue weighted by Gasteiger charge is 2.24. The second kappa shape index (κ2) is 6.84. The number of Topliss-reactive ketones (excluding diaryl/α,β-unsaturated/α-hetero) is 1. The molecule has 118 valence electrons. The zero-order chi connectivity index (χ0) is 16.2. The first kappa shape index (κ1) is 15.6. The van der Waals surface area contributed by atoms with Crippen molar-refractivity contribution in [2.24, 2.45) is 5.92 Å². The van der Waals surface area contributed by atoms with Crippen LogP contribution in [0.4, 0.5) is 0 Å². The van der Waals surface area contributed by atoms with Crippen molar-refractivity contribution in [3.05, 3.63) is 41.1 Å². The van der Waals surface area contributed by atoms with E-state index in [1.54, 1.807) is 23.1 Å². The van der Waals surface area contributed by atoms with E-state index in [4.69, 9.17) is 21.4 Å². The van der Waals surface area contributed by atoms with Gasteiger partial charge in [-0.2, -0.15) is 5.26 Å². The van der Waals surface area contributed by atoms with Crippen molar-refractivity contribution >= 4 is 17.4 Å². The lowest BCUT2D eigenvalue weighted by Gasteiger charge is -2.07. The first-order valence-electron chi connectivity index (χ1n) is 7.52. The molecule has 1 atom stereocenters. The number of carbonyl (C=O) groups is 1. The molecule has 3 rings (SSSR count). The molecule has 1 aliphatic rings. The van der Waals surface area contributed by atoms with Crippen LogP contribution in [0.1, 0.15) is 18.6 Å². The minimum Gasteiger partial charge on any atom is -0.360 e. The molecule has 1 aromatic carbocycles. The van der Waals surface area contributed by atoms with Crippen LogP contribution in [0.25, 0.3) is 11.3 Å². The van der Waals surface area contributed by atoms with Crippen LogP contribution in [0.3, 0.4) is 0 Å². The van der Waals surface area contributed by atoms with Gasteiger partial charge < -0.3 is 9.42 Å². The van der Waals surface area contributed by atoms with Gasteiger partial charge in [0, 0.05) is 36.2 Å². The molecular formula is C17H16ClN3O2. The minimum absolute atomic E-state index is 0.119. The number of benzene rings is 1. The summed E-state index contributed by atoms with van der Waals surface area (Å²) in [6, 6.07) is 9.09. The van der Waals surface area contributed by atoms with Crippen LogP contribution in [0.5, 0.6) is 0 Å². The van der Waals surface area contributed by atoms with Gasteiger partial charge in [-0.05, 0) is 24.5 Å². The maximum absolute atomic E-state index is 12.1. The predicted molar refractivity (Wildman–Crippen MR) is 85.6 cm³/mol. The number of rotatable bonds is 5. The number of nitriles is 1. The van der Waals surface area contributed by atoms with Crippen molar-refractivity contribution in [1.82, 2.24) is 10.1 Å². The molecule has 0 unspecified atom stereocenters. The summed E-state index contributed by atoms with van der Waals surface area (Å²) in [6.07, 6.45) is 3.74. The molecule has 0 saturated carbocycles. The van der Waals surface area contributed by atoms with Crippen molar-refractivity contribution in [3.8, 4) is 17.5 Å². The molecule has 2 aromatic rings. The first-order chi connectivity index (χ1) is 11.1. The third-order valence-corrected chi connectivity index (χ3v) is 4.27. The molecule has 0 radical (unpaired) electrons. The van der Waals surface area contributed by atoms with E-state index in [1.165, 1.54) is 0 Å². The van der Waals surface area contributed by atoms with E-state index < -0.39 is 0 Å². The van der Waals surface area contributed by atoms with Crippen LogP contribution >= 0.6 is 11.6 Å². The predicted octanol–water partition coefficient (Wildman–Crippen LogP) is 3.30. The van der Waals surface area contributed by atoms with E-state index in [-0.39, 0.29) is 18.1 Å². The third kappa shape index (κ3) is 3.91. The van der Waals surface area contributed by atoms with Gasteiger partial charge in [0.15, 0.2) is 6.19 Å². The molecule has 0 amide bonds. The Morgan fingerprint density at radius 3 is 2.91 bits per heavy atom. The Balaban J connectivity index is 1.57. The zero-order valence-electron chi connectivity index (χ0n) is 12.5. The smallest absolute Gasteiger partial charge is 0.179 e. The van der Waals surface area contributed by atoms with Gasteiger partial charge in [0.2, 0.25) is 0 Å². The first-order valence-corrected chi connectivity index (χ1v) is 7.90. The monoisotopic (exact) mass is 329 g/mol. The second-order valence-electron chi connectivity index (χ2n) is 5.81. The third-order valence-electron chi connectivity index (χ3n) is 4.01. The molecule has 1 fully saturated rings. The molecule has 6 heteroatoms. The highest BCUT2D eigenvalue weighted by Crippen LogP contribution is 2.23. The number of halogens is 1. The van der Waals surface area contributed by atoms with Gasteiger partial charge in [-0.1, -0.05) is 28.9 Å². The van der Waals surface area contributed by atoms with Gasteiger partial charge in [0.05, 0.1) is 6.42 Å². The van der Waals surface area contributed by atoms with E-state index in [1.807, 2.05) is 12.1 Å². The average Bonchev–Trinajstić information content (AvgIpc) is 3.17. The molecule has 5 nitrogen and oxygen atoms in total. The molecule has 0 spiro atoms. The topological polar surface area (TPSA) is 70.1 Å². The number of nitrogens with zero attached hydrogens (tertiary/aromatic N) is 3. The SMILES string of the molecule is N#CN1CC[C@@H](CC(=O)Cc2cc(-c3ccc(Cl)cc3)no2)C1. The average molecular weight is 330 g/mol. The normalized spacial score (nSPS) is 17.2. The Morgan fingerprint density at radius 2 is 2.22 bits per heavy atom. The zero-order valence-corrected chi connectivity index (χ0v) is 13.3. The minimum atomic E-state index is 0.119. The van der Waals surface area contributed by atoms with Crippen molar-refractivity contribution in [2.45, 2.75) is 19.3 Å². The second-order valence-corrected chi connectivity index (χ2v) is 6.24. The van der Waals surface area contributed by atoms with Crippen molar-refractivity contribution < 1.29 is 9.32 Å². The van der Waals surface area contributed by atoms with Gasteiger partial charge in [0.1, 0.15) is 17.2 Å². The fourth-order valence-corrected chi connectivity index (χ4v) is 2.96. The molecule has 0 bridgehead atoms. The van der Waals surface area contributed by atoms with E-state index >= 15 is 0 Å². The maximum Gasteiger partial charge on any atom is 0.179 e. The Morgan fingerprint density at radius 1 is 1.43 bits per heavy atom. The number of hydrogen-bond acceptors (Lipinski definition) is 5. The molecule has 1 aromatic heterocycles.